The Kier molecular flexibility index (Phi) is 16.8. The predicted molar refractivity (Wildman–Crippen MR) is 197 cm³/mol. The molecule has 2 rings (SSSR count). The van der Waals surface area contributed by atoms with E-state index in [0.29, 0.717) is 43.4 Å². The van der Waals surface area contributed by atoms with E-state index >= 15 is 0 Å². The van der Waals surface area contributed by atoms with E-state index in [2.05, 4.69) is 37.6 Å². The number of nitrogens with one attached hydrogen (secondary N) is 3. The highest BCUT2D eigenvalue weighted by Gasteiger charge is 2.47. The zero-order chi connectivity index (χ0) is 38.5. The zero-order valence-electron chi connectivity index (χ0n) is 31.6. The van der Waals surface area contributed by atoms with Crippen molar-refractivity contribution in [2.45, 2.75) is 117 Å². The molecule has 1 aromatic carbocycles. The Morgan fingerprint density at radius 3 is 2.14 bits per heavy atom. The van der Waals surface area contributed by atoms with Gasteiger partial charge in [0.25, 0.3) is 0 Å². The molecule has 282 valence electrons. The molecular formula is C37H58BN5O8. The molecule has 51 heavy (non-hydrogen) atoms. The SMILES string of the molecule is BC(CC)(CC)C1CC(=O)C(CCCCCC(=O)NC(C(=O)NCC(=O)Nc2ccc(COC(=O)N(C)[C@H](C(N)=O)C(C)C)cc2)C(C)C)C1=O. The molecule has 5 N–H and O–H groups in total. The van der Waals surface area contributed by atoms with Crippen molar-refractivity contribution in [3.8, 4) is 0 Å². The lowest BCUT2D eigenvalue weighted by Crippen LogP contribution is -2.51. The zero-order valence-corrected chi connectivity index (χ0v) is 31.6. The number of ketones is 2. The highest BCUT2D eigenvalue weighted by Crippen LogP contribution is 2.47. The number of primary amides is 1. The fourth-order valence-electron chi connectivity index (χ4n) is 6.57. The third-order valence-corrected chi connectivity index (χ3v) is 10.3. The first-order valence-electron chi connectivity index (χ1n) is 18.2. The lowest BCUT2D eigenvalue weighted by Gasteiger charge is -2.32. The van der Waals surface area contributed by atoms with Gasteiger partial charge in [-0.05, 0) is 47.7 Å². The molecule has 0 bridgehead atoms. The molecule has 0 radical (unpaired) electrons. The summed E-state index contributed by atoms with van der Waals surface area (Å²) in [7, 11) is 3.54. The molecule has 13 nitrogen and oxygen atoms in total. The van der Waals surface area contributed by atoms with Crippen LogP contribution in [0.2, 0.25) is 5.31 Å². The van der Waals surface area contributed by atoms with Crippen LogP contribution in [0.15, 0.2) is 24.3 Å². The number of carbonyl (C=O) groups is 7. The maximum atomic E-state index is 13.0. The topological polar surface area (TPSA) is 194 Å². The summed E-state index contributed by atoms with van der Waals surface area (Å²) in [4.78, 5) is 89.0. The van der Waals surface area contributed by atoms with E-state index in [1.807, 2.05) is 0 Å². The monoisotopic (exact) mass is 711 g/mol. The number of unbranched alkanes of at least 4 members (excludes halogenated alkanes) is 2. The lowest BCUT2D eigenvalue weighted by atomic mass is 9.56. The minimum absolute atomic E-state index is 0.0387. The van der Waals surface area contributed by atoms with Gasteiger partial charge in [-0.25, -0.2) is 4.79 Å². The van der Waals surface area contributed by atoms with Gasteiger partial charge in [-0.3, -0.25) is 33.7 Å². The number of anilines is 1. The van der Waals surface area contributed by atoms with Crippen LogP contribution in [0.3, 0.4) is 0 Å². The molecule has 0 aromatic heterocycles. The van der Waals surface area contributed by atoms with E-state index in [9.17, 15) is 33.6 Å². The van der Waals surface area contributed by atoms with Crippen LogP contribution in [0.25, 0.3) is 0 Å². The van der Waals surface area contributed by atoms with Crippen LogP contribution in [0, 0.1) is 23.7 Å². The first-order chi connectivity index (χ1) is 23.9. The summed E-state index contributed by atoms with van der Waals surface area (Å²) in [6.07, 6.45) is 3.99. The molecule has 1 saturated carbocycles. The molecule has 1 aliphatic rings. The van der Waals surface area contributed by atoms with Gasteiger partial charge < -0.3 is 26.4 Å². The second-order valence-corrected chi connectivity index (χ2v) is 14.6. The highest BCUT2D eigenvalue weighted by atomic mass is 16.6. The quantitative estimate of drug-likeness (QED) is 0.0899. The summed E-state index contributed by atoms with van der Waals surface area (Å²) in [6, 6.07) is 4.95. The van der Waals surface area contributed by atoms with Crippen molar-refractivity contribution in [2.75, 3.05) is 18.9 Å². The van der Waals surface area contributed by atoms with Gasteiger partial charge in [0.2, 0.25) is 23.6 Å². The molecule has 0 spiro atoms. The molecule has 14 heteroatoms. The third-order valence-electron chi connectivity index (χ3n) is 10.3. The van der Waals surface area contributed by atoms with Crippen LogP contribution in [-0.4, -0.2) is 79.7 Å². The molecule has 0 saturated heterocycles. The molecule has 1 aromatic rings. The smallest absolute Gasteiger partial charge is 0.410 e. The minimum atomic E-state index is -0.831. The molecular weight excluding hydrogens is 653 g/mol. The molecule has 3 unspecified atom stereocenters. The summed E-state index contributed by atoms with van der Waals surface area (Å²) < 4.78 is 5.30. The van der Waals surface area contributed by atoms with Gasteiger partial charge in [0.15, 0.2) is 0 Å². The lowest BCUT2D eigenvalue weighted by molar-refractivity contribution is -0.130. The van der Waals surface area contributed by atoms with Crippen molar-refractivity contribution in [2.24, 2.45) is 29.4 Å². The predicted octanol–water partition coefficient (Wildman–Crippen LogP) is 3.30. The summed E-state index contributed by atoms with van der Waals surface area (Å²) in [5.41, 5.74) is 6.52. The number of carbonyl (C=O) groups excluding carboxylic acids is 7. The number of nitrogens with two attached hydrogens (primary N) is 1. The normalized spacial score (nSPS) is 17.2. The van der Waals surface area contributed by atoms with E-state index in [-0.39, 0.29) is 60.1 Å². The summed E-state index contributed by atoms with van der Waals surface area (Å²) in [5.74, 6) is -2.90. The fourth-order valence-corrected chi connectivity index (χ4v) is 6.57. The van der Waals surface area contributed by atoms with E-state index in [1.54, 1.807) is 52.0 Å². The van der Waals surface area contributed by atoms with Crippen molar-refractivity contribution in [1.82, 2.24) is 15.5 Å². The van der Waals surface area contributed by atoms with E-state index in [1.165, 1.54) is 11.9 Å². The standard InChI is InChI=1S/C37H58BN5O8/c1-8-37(38,9-2)27-19-28(44)26(33(27)47)13-11-10-12-14-29(45)42-31(22(3)4)35(49)40-20-30(46)41-25-17-15-24(16-18-25)21-51-36(50)43(7)32(23(5)6)34(39)48/h15-18,22-23,26-27,31-32H,8-14,19-21,38H2,1-7H3,(H2,39,48)(H,40,49)(H,41,46)(H,42,45)/t26?,27?,31?,32-/m0/s1. The van der Waals surface area contributed by atoms with Gasteiger partial charge in [-0.15, -0.1) is 0 Å². The van der Waals surface area contributed by atoms with Gasteiger partial charge in [-0.1, -0.05) is 79.4 Å². The van der Waals surface area contributed by atoms with Crippen LogP contribution in [0.5, 0.6) is 0 Å². The van der Waals surface area contributed by atoms with Gasteiger partial charge in [-0.2, -0.15) is 0 Å². The molecule has 5 amide bonds. The van der Waals surface area contributed by atoms with Gasteiger partial charge in [0.1, 0.15) is 38.1 Å². The number of rotatable bonds is 20. The van der Waals surface area contributed by atoms with Crippen molar-refractivity contribution in [1.29, 1.82) is 0 Å². The van der Waals surface area contributed by atoms with Crippen LogP contribution < -0.4 is 21.7 Å². The van der Waals surface area contributed by atoms with Crippen LogP contribution in [0.1, 0.15) is 98.5 Å². The Bertz CT molecular complexity index is 1400. The third kappa shape index (κ3) is 12.5. The van der Waals surface area contributed by atoms with E-state index < -0.39 is 41.8 Å². The van der Waals surface area contributed by atoms with Gasteiger partial charge in [0, 0.05) is 31.5 Å². The van der Waals surface area contributed by atoms with Crippen molar-refractivity contribution in [3.63, 3.8) is 0 Å². The molecule has 4 atom stereocenters. The maximum Gasteiger partial charge on any atom is 0.410 e. The number of Topliss-reactive ketones (excluding diaryl/α,β-unsaturated/α-hetero) is 2. The average molecular weight is 712 g/mol. The summed E-state index contributed by atoms with van der Waals surface area (Å²) >= 11 is 0. The number of likely N-dealkylation sites (N-methyl/N-ethyl adjacent to an activating group) is 1. The Hall–Kier alpha value is -4.23. The van der Waals surface area contributed by atoms with E-state index in [4.69, 9.17) is 10.5 Å². The van der Waals surface area contributed by atoms with Gasteiger partial charge >= 0.3 is 6.09 Å². The Morgan fingerprint density at radius 1 is 0.961 bits per heavy atom. The Balaban J connectivity index is 1.75. The van der Waals surface area contributed by atoms with Crippen LogP contribution >= 0.6 is 0 Å². The Labute approximate surface area is 303 Å². The number of nitrogens with zero attached hydrogens (tertiary/aromatic N) is 1. The van der Waals surface area contributed by atoms with Crippen molar-refractivity contribution < 1.29 is 38.3 Å². The second-order valence-electron chi connectivity index (χ2n) is 14.6. The van der Waals surface area contributed by atoms with E-state index in [0.717, 1.165) is 12.8 Å². The number of benzene rings is 1. The van der Waals surface area contributed by atoms with Crippen LogP contribution in [-0.2, 0) is 40.1 Å². The van der Waals surface area contributed by atoms with Crippen LogP contribution in [0.4, 0.5) is 10.5 Å². The molecule has 0 heterocycles. The minimum Gasteiger partial charge on any atom is -0.445 e. The number of ether oxygens (including phenoxy) is 1. The highest BCUT2D eigenvalue weighted by molar-refractivity contribution is 6.21. The second kappa shape index (κ2) is 20.0. The van der Waals surface area contributed by atoms with Crippen molar-refractivity contribution >= 4 is 54.8 Å². The summed E-state index contributed by atoms with van der Waals surface area (Å²) in [6.45, 7) is 10.9. The molecule has 1 aliphatic carbocycles. The molecule has 0 aliphatic heterocycles. The largest absolute Gasteiger partial charge is 0.445 e. The maximum absolute atomic E-state index is 13.0. The fraction of sp³-hybridized carbons (Fsp3) is 0.649. The number of hydrogen-bond acceptors (Lipinski definition) is 8. The number of amides is 5. The average Bonchev–Trinajstić information content (AvgIpc) is 3.37. The summed E-state index contributed by atoms with van der Waals surface area (Å²) in [5, 5.41) is 7.89. The molecule has 1 fully saturated rings. The van der Waals surface area contributed by atoms with Gasteiger partial charge in [0.05, 0.1) is 12.5 Å². The number of hydrogen-bond donors (Lipinski definition) is 4. The van der Waals surface area contributed by atoms with Crippen molar-refractivity contribution in [3.05, 3.63) is 29.8 Å². The first-order valence-corrected chi connectivity index (χ1v) is 18.2. The first kappa shape index (κ1) is 42.9. The Morgan fingerprint density at radius 2 is 1.59 bits per heavy atom.